The molecule has 1 N–H and O–H groups in total. The monoisotopic (exact) mass is 373 g/mol. The summed E-state index contributed by atoms with van der Waals surface area (Å²) in [6.07, 6.45) is 8.62. The lowest BCUT2D eigenvalue weighted by molar-refractivity contribution is 0.0527. The molecular formula is C21H19N5O2. The first-order chi connectivity index (χ1) is 13.8. The molecule has 0 saturated carbocycles. The molecule has 0 aliphatic heterocycles. The minimum atomic E-state index is -0.392. The number of rotatable bonds is 6. The summed E-state index contributed by atoms with van der Waals surface area (Å²) in [6, 6.07) is 11.6. The van der Waals surface area contributed by atoms with E-state index >= 15 is 0 Å². The highest BCUT2D eigenvalue weighted by Crippen LogP contribution is 2.27. The van der Waals surface area contributed by atoms with Gasteiger partial charge in [0.25, 0.3) is 0 Å². The molecule has 4 aromatic rings. The molecule has 0 atom stereocenters. The summed E-state index contributed by atoms with van der Waals surface area (Å²) in [4.78, 5) is 25.2. The van der Waals surface area contributed by atoms with Crippen molar-refractivity contribution in [2.24, 2.45) is 0 Å². The van der Waals surface area contributed by atoms with Crippen molar-refractivity contribution in [1.29, 1.82) is 0 Å². The highest BCUT2D eigenvalue weighted by Gasteiger charge is 2.16. The van der Waals surface area contributed by atoms with Gasteiger partial charge in [-0.05, 0) is 24.6 Å². The van der Waals surface area contributed by atoms with Gasteiger partial charge >= 0.3 is 5.97 Å². The van der Waals surface area contributed by atoms with E-state index in [1.54, 1.807) is 31.8 Å². The first-order valence-electron chi connectivity index (χ1n) is 8.98. The zero-order valence-corrected chi connectivity index (χ0v) is 15.4. The zero-order valence-electron chi connectivity index (χ0n) is 15.4. The minimum Gasteiger partial charge on any atom is -0.462 e. The van der Waals surface area contributed by atoms with Crippen LogP contribution in [0.15, 0.2) is 67.5 Å². The molecule has 4 rings (SSSR count). The van der Waals surface area contributed by atoms with Gasteiger partial charge in [0.2, 0.25) is 0 Å². The molecule has 7 nitrogen and oxygen atoms in total. The maximum Gasteiger partial charge on any atom is 0.341 e. The van der Waals surface area contributed by atoms with Crippen LogP contribution in [0.4, 0.5) is 5.69 Å². The summed E-state index contributed by atoms with van der Waals surface area (Å²) in [5.41, 5.74) is 2.93. The van der Waals surface area contributed by atoms with Crippen LogP contribution in [-0.4, -0.2) is 32.1 Å². The summed E-state index contributed by atoms with van der Waals surface area (Å²) in [6.45, 7) is 2.61. The first kappa shape index (κ1) is 17.7. The van der Waals surface area contributed by atoms with Gasteiger partial charge in [-0.25, -0.2) is 14.8 Å². The molecule has 0 spiro atoms. The number of fused-ring (bicyclic) bond motifs is 1. The Labute approximate surface area is 162 Å². The number of aromatic nitrogens is 4. The molecule has 0 aliphatic rings. The van der Waals surface area contributed by atoms with Crippen LogP contribution < -0.4 is 5.32 Å². The van der Waals surface area contributed by atoms with Gasteiger partial charge in [-0.2, -0.15) is 0 Å². The average Bonchev–Trinajstić information content (AvgIpc) is 3.27. The summed E-state index contributed by atoms with van der Waals surface area (Å²) in [5, 5.41) is 4.24. The fourth-order valence-electron chi connectivity index (χ4n) is 2.95. The molecule has 3 aromatic heterocycles. The van der Waals surface area contributed by atoms with Crippen LogP contribution in [0.25, 0.3) is 16.7 Å². The normalized spacial score (nSPS) is 10.8. The van der Waals surface area contributed by atoms with Gasteiger partial charge in [0.05, 0.1) is 17.8 Å². The van der Waals surface area contributed by atoms with E-state index in [1.165, 1.54) is 0 Å². The predicted octanol–water partition coefficient (Wildman–Crippen LogP) is 3.60. The van der Waals surface area contributed by atoms with Gasteiger partial charge in [0.15, 0.2) is 0 Å². The zero-order chi connectivity index (χ0) is 19.3. The quantitative estimate of drug-likeness (QED) is 0.520. The number of para-hydroxylation sites is 1. The van der Waals surface area contributed by atoms with E-state index < -0.39 is 5.97 Å². The molecule has 140 valence electrons. The van der Waals surface area contributed by atoms with Crippen molar-refractivity contribution < 1.29 is 9.53 Å². The number of nitrogens with zero attached hydrogens (tertiary/aromatic N) is 4. The molecule has 0 bridgehead atoms. The maximum atomic E-state index is 12.4. The molecule has 28 heavy (non-hydrogen) atoms. The average molecular weight is 373 g/mol. The van der Waals surface area contributed by atoms with Gasteiger partial charge in [-0.1, -0.05) is 24.3 Å². The Bertz CT molecular complexity index is 1090. The summed E-state index contributed by atoms with van der Waals surface area (Å²) in [5.74, 6) is 0.402. The van der Waals surface area contributed by atoms with Crippen molar-refractivity contribution in [2.75, 3.05) is 11.9 Å². The number of benzene rings is 1. The van der Waals surface area contributed by atoms with Crippen LogP contribution in [0, 0.1) is 0 Å². The van der Waals surface area contributed by atoms with E-state index in [1.807, 2.05) is 47.2 Å². The number of pyridine rings is 2. The largest absolute Gasteiger partial charge is 0.462 e. The minimum absolute atomic E-state index is 0.310. The Balaban J connectivity index is 1.61. The van der Waals surface area contributed by atoms with Crippen LogP contribution in [0.1, 0.15) is 22.8 Å². The Hall–Kier alpha value is -3.74. The van der Waals surface area contributed by atoms with Gasteiger partial charge in [-0.3, -0.25) is 9.55 Å². The van der Waals surface area contributed by atoms with Crippen LogP contribution in [0.3, 0.4) is 0 Å². The van der Waals surface area contributed by atoms with Crippen LogP contribution in [0.2, 0.25) is 0 Å². The number of imidazole rings is 1. The van der Waals surface area contributed by atoms with Crippen molar-refractivity contribution in [3.05, 3.63) is 78.6 Å². The van der Waals surface area contributed by atoms with E-state index in [0.29, 0.717) is 24.4 Å². The summed E-state index contributed by atoms with van der Waals surface area (Å²) in [7, 11) is 0. The van der Waals surface area contributed by atoms with E-state index in [0.717, 1.165) is 22.3 Å². The molecule has 3 heterocycles. The van der Waals surface area contributed by atoms with E-state index in [-0.39, 0.29) is 0 Å². The molecule has 0 fully saturated rings. The van der Waals surface area contributed by atoms with Gasteiger partial charge < -0.3 is 10.1 Å². The number of hydrogen-bond acceptors (Lipinski definition) is 6. The highest BCUT2D eigenvalue weighted by atomic mass is 16.5. The van der Waals surface area contributed by atoms with Crippen LogP contribution >= 0.6 is 0 Å². The van der Waals surface area contributed by atoms with E-state index in [4.69, 9.17) is 4.74 Å². The lowest BCUT2D eigenvalue weighted by Gasteiger charge is -2.14. The fourth-order valence-corrected chi connectivity index (χ4v) is 2.95. The number of carbonyl (C=O) groups is 1. The van der Waals surface area contributed by atoms with Crippen molar-refractivity contribution in [3.8, 4) is 5.82 Å². The second-order valence-electron chi connectivity index (χ2n) is 6.13. The number of hydrogen-bond donors (Lipinski definition) is 1. The Morgan fingerprint density at radius 3 is 2.79 bits per heavy atom. The molecule has 0 radical (unpaired) electrons. The topological polar surface area (TPSA) is 81.9 Å². The van der Waals surface area contributed by atoms with Crippen LogP contribution in [0.5, 0.6) is 0 Å². The van der Waals surface area contributed by atoms with Crippen LogP contribution in [-0.2, 0) is 11.3 Å². The van der Waals surface area contributed by atoms with E-state index in [2.05, 4.69) is 20.3 Å². The van der Waals surface area contributed by atoms with Gasteiger partial charge in [0, 0.05) is 36.7 Å². The predicted molar refractivity (Wildman–Crippen MR) is 106 cm³/mol. The Kier molecular flexibility index (Phi) is 4.97. The maximum absolute atomic E-state index is 12.4. The molecule has 0 amide bonds. The number of carbonyl (C=O) groups excluding carboxylic acids is 1. The number of esters is 1. The standard InChI is InChI=1S/C21H19N5O2/c1-2-28-21(27)17-13-23-18-6-4-3-5-16(18)20(17)25-12-15-7-8-19(24-11-15)26-10-9-22-14-26/h3-11,13-14H,2,12H2,1H3,(H,23,25). The highest BCUT2D eigenvalue weighted by molar-refractivity contribution is 6.04. The molecule has 0 saturated heterocycles. The Morgan fingerprint density at radius 1 is 1.14 bits per heavy atom. The van der Waals surface area contributed by atoms with Gasteiger partial charge in [0.1, 0.15) is 17.7 Å². The lowest BCUT2D eigenvalue weighted by atomic mass is 10.1. The molecule has 1 aromatic carbocycles. The van der Waals surface area contributed by atoms with Crippen molar-refractivity contribution in [2.45, 2.75) is 13.5 Å². The SMILES string of the molecule is CCOC(=O)c1cnc2ccccc2c1NCc1ccc(-n2ccnc2)nc1. The summed E-state index contributed by atoms with van der Waals surface area (Å²) < 4.78 is 7.03. The first-order valence-corrected chi connectivity index (χ1v) is 8.98. The molecular weight excluding hydrogens is 354 g/mol. The molecule has 0 aliphatic carbocycles. The number of nitrogens with one attached hydrogen (secondary N) is 1. The number of anilines is 1. The van der Waals surface area contributed by atoms with E-state index in [9.17, 15) is 4.79 Å². The third kappa shape index (κ3) is 3.55. The fraction of sp³-hybridized carbons (Fsp3) is 0.143. The summed E-state index contributed by atoms with van der Waals surface area (Å²) >= 11 is 0. The second-order valence-corrected chi connectivity index (χ2v) is 6.13. The van der Waals surface area contributed by atoms with Crippen molar-refractivity contribution in [3.63, 3.8) is 0 Å². The van der Waals surface area contributed by atoms with Gasteiger partial charge in [-0.15, -0.1) is 0 Å². The lowest BCUT2D eigenvalue weighted by Crippen LogP contribution is -2.11. The third-order valence-electron chi connectivity index (χ3n) is 4.32. The van der Waals surface area contributed by atoms with Crippen molar-refractivity contribution in [1.82, 2.24) is 19.5 Å². The molecule has 0 unspecified atom stereocenters. The third-order valence-corrected chi connectivity index (χ3v) is 4.32. The smallest absolute Gasteiger partial charge is 0.341 e. The number of ether oxygens (including phenoxy) is 1. The second kappa shape index (κ2) is 7.87. The van der Waals surface area contributed by atoms with Crippen molar-refractivity contribution >= 4 is 22.6 Å². The molecule has 7 heteroatoms. The Morgan fingerprint density at radius 2 is 2.04 bits per heavy atom.